The topological polar surface area (TPSA) is 87.3 Å². The molecular weight excluding hydrogens is 278 g/mol. The summed E-state index contributed by atoms with van der Waals surface area (Å²) in [5, 5.41) is 5.69. The third-order valence-corrected chi connectivity index (χ3v) is 4.82. The van der Waals surface area contributed by atoms with E-state index in [-0.39, 0.29) is 10.8 Å². The fourth-order valence-corrected chi connectivity index (χ4v) is 3.25. The maximum absolute atomic E-state index is 12.1. The molecule has 0 spiro atoms. The summed E-state index contributed by atoms with van der Waals surface area (Å²) in [5.74, 6) is 0.105. The summed E-state index contributed by atoms with van der Waals surface area (Å²) in [7, 11) is -1.97. The van der Waals surface area contributed by atoms with Crippen molar-refractivity contribution >= 4 is 15.9 Å². The molecule has 0 radical (unpaired) electrons. The first-order valence-electron chi connectivity index (χ1n) is 6.55. The van der Waals surface area contributed by atoms with Gasteiger partial charge in [0.05, 0.1) is 4.90 Å². The second-order valence-corrected chi connectivity index (χ2v) is 6.58. The summed E-state index contributed by atoms with van der Waals surface area (Å²) < 4.78 is 26.8. The lowest BCUT2D eigenvalue weighted by Gasteiger charge is -2.11. The van der Waals surface area contributed by atoms with Gasteiger partial charge < -0.3 is 10.6 Å². The number of carbonyl (C=O) groups is 1. The number of nitrogens with one attached hydrogen (secondary N) is 3. The molecule has 2 rings (SSSR count). The molecule has 3 N–H and O–H groups in total. The Labute approximate surface area is 119 Å². The fraction of sp³-hybridized carbons (Fsp3) is 0.462. The van der Waals surface area contributed by atoms with Crippen LogP contribution in [0.4, 0.5) is 0 Å². The monoisotopic (exact) mass is 297 g/mol. The van der Waals surface area contributed by atoms with Gasteiger partial charge in [-0.25, -0.2) is 13.1 Å². The third-order valence-electron chi connectivity index (χ3n) is 3.38. The van der Waals surface area contributed by atoms with Crippen molar-refractivity contribution in [1.82, 2.24) is 15.4 Å². The van der Waals surface area contributed by atoms with Crippen LogP contribution in [0.15, 0.2) is 29.2 Å². The van der Waals surface area contributed by atoms with Gasteiger partial charge in [-0.3, -0.25) is 4.79 Å². The molecule has 1 aliphatic heterocycles. The van der Waals surface area contributed by atoms with Crippen LogP contribution in [0.2, 0.25) is 0 Å². The van der Waals surface area contributed by atoms with Gasteiger partial charge in [-0.2, -0.15) is 0 Å². The van der Waals surface area contributed by atoms with Gasteiger partial charge in [-0.05, 0) is 49.7 Å². The molecule has 1 heterocycles. The van der Waals surface area contributed by atoms with Crippen molar-refractivity contribution in [3.63, 3.8) is 0 Å². The molecule has 0 aromatic heterocycles. The molecule has 0 bridgehead atoms. The Morgan fingerprint density at radius 3 is 2.60 bits per heavy atom. The summed E-state index contributed by atoms with van der Waals surface area (Å²) in [6, 6.07) is 5.90. The van der Waals surface area contributed by atoms with Crippen LogP contribution in [-0.2, 0) is 10.0 Å². The van der Waals surface area contributed by atoms with Gasteiger partial charge in [0.2, 0.25) is 10.0 Å². The van der Waals surface area contributed by atoms with E-state index in [4.69, 9.17) is 0 Å². The highest BCUT2D eigenvalue weighted by Gasteiger charge is 2.19. The zero-order valence-corrected chi connectivity index (χ0v) is 12.2. The molecule has 1 aromatic rings. The molecule has 1 unspecified atom stereocenters. The number of hydrogen-bond donors (Lipinski definition) is 3. The molecule has 0 saturated carbocycles. The molecular formula is C13H19N3O3S. The van der Waals surface area contributed by atoms with E-state index in [1.807, 2.05) is 0 Å². The van der Waals surface area contributed by atoms with E-state index in [2.05, 4.69) is 15.4 Å². The van der Waals surface area contributed by atoms with Crippen molar-refractivity contribution in [2.45, 2.75) is 11.3 Å². The molecule has 1 aliphatic rings. The average Bonchev–Trinajstić information content (AvgIpc) is 2.98. The summed E-state index contributed by atoms with van der Waals surface area (Å²) in [4.78, 5) is 11.6. The Morgan fingerprint density at radius 2 is 2.05 bits per heavy atom. The smallest absolute Gasteiger partial charge is 0.251 e. The quantitative estimate of drug-likeness (QED) is 0.710. The Balaban J connectivity index is 2.03. The summed E-state index contributed by atoms with van der Waals surface area (Å²) >= 11 is 0. The minimum absolute atomic E-state index is 0.177. The zero-order chi connectivity index (χ0) is 14.6. The van der Waals surface area contributed by atoms with Crippen molar-refractivity contribution in [3.8, 4) is 0 Å². The molecule has 7 heteroatoms. The van der Waals surface area contributed by atoms with E-state index in [9.17, 15) is 13.2 Å². The third kappa shape index (κ3) is 3.56. The Hall–Kier alpha value is -1.44. The minimum atomic E-state index is -3.51. The van der Waals surface area contributed by atoms with E-state index in [1.165, 1.54) is 31.3 Å². The Morgan fingerprint density at radius 1 is 1.35 bits per heavy atom. The van der Waals surface area contributed by atoms with Gasteiger partial charge in [0.1, 0.15) is 0 Å². The SMILES string of the molecule is CNC(=O)c1ccc(S(=O)(=O)NCC2CCNC2)cc1. The first kappa shape index (κ1) is 15.0. The van der Waals surface area contributed by atoms with Crippen molar-refractivity contribution in [1.29, 1.82) is 0 Å². The lowest BCUT2D eigenvalue weighted by atomic mass is 10.1. The molecule has 6 nitrogen and oxygen atoms in total. The van der Waals surface area contributed by atoms with E-state index >= 15 is 0 Å². The van der Waals surface area contributed by atoms with E-state index in [0.717, 1.165) is 19.5 Å². The van der Waals surface area contributed by atoms with Crippen LogP contribution < -0.4 is 15.4 Å². The van der Waals surface area contributed by atoms with Gasteiger partial charge >= 0.3 is 0 Å². The standard InChI is InChI=1S/C13H19N3O3S/c1-14-13(17)11-2-4-12(5-3-11)20(18,19)16-9-10-6-7-15-8-10/h2-5,10,15-16H,6-9H2,1H3,(H,14,17). The van der Waals surface area contributed by atoms with Crippen LogP contribution in [0, 0.1) is 5.92 Å². The maximum atomic E-state index is 12.1. The van der Waals surface area contributed by atoms with Gasteiger partial charge in [0, 0.05) is 19.2 Å². The zero-order valence-electron chi connectivity index (χ0n) is 11.3. The number of sulfonamides is 1. The van der Waals surface area contributed by atoms with Crippen LogP contribution in [-0.4, -0.2) is 41.0 Å². The highest BCUT2D eigenvalue weighted by atomic mass is 32.2. The van der Waals surface area contributed by atoms with Crippen LogP contribution in [0.25, 0.3) is 0 Å². The predicted molar refractivity (Wildman–Crippen MR) is 76.0 cm³/mol. The predicted octanol–water partition coefficient (Wildman–Crippen LogP) is -0.0660. The van der Waals surface area contributed by atoms with E-state index in [0.29, 0.717) is 18.0 Å². The lowest BCUT2D eigenvalue weighted by Crippen LogP contribution is -2.30. The molecule has 110 valence electrons. The van der Waals surface area contributed by atoms with Crippen molar-refractivity contribution in [3.05, 3.63) is 29.8 Å². The van der Waals surface area contributed by atoms with Gasteiger partial charge in [-0.1, -0.05) is 0 Å². The van der Waals surface area contributed by atoms with Crippen molar-refractivity contribution in [2.24, 2.45) is 5.92 Å². The number of carbonyl (C=O) groups excluding carboxylic acids is 1. The first-order chi connectivity index (χ1) is 9.53. The Kier molecular flexibility index (Phi) is 4.74. The maximum Gasteiger partial charge on any atom is 0.251 e. The minimum Gasteiger partial charge on any atom is -0.355 e. The van der Waals surface area contributed by atoms with Crippen LogP contribution in [0.5, 0.6) is 0 Å². The second-order valence-electron chi connectivity index (χ2n) is 4.81. The number of hydrogen-bond acceptors (Lipinski definition) is 4. The first-order valence-corrected chi connectivity index (χ1v) is 8.04. The summed E-state index contributed by atoms with van der Waals surface area (Å²) in [5.41, 5.74) is 0.437. The molecule has 1 amide bonds. The number of benzene rings is 1. The lowest BCUT2D eigenvalue weighted by molar-refractivity contribution is 0.0963. The van der Waals surface area contributed by atoms with Gasteiger partial charge in [-0.15, -0.1) is 0 Å². The molecule has 0 aliphatic carbocycles. The number of rotatable bonds is 5. The normalized spacial score (nSPS) is 18.9. The summed E-state index contributed by atoms with van der Waals surface area (Å²) in [6.07, 6.45) is 0.984. The van der Waals surface area contributed by atoms with Crippen LogP contribution in [0.1, 0.15) is 16.8 Å². The molecule has 1 atom stereocenters. The fourth-order valence-electron chi connectivity index (χ4n) is 2.13. The van der Waals surface area contributed by atoms with E-state index in [1.54, 1.807) is 0 Å². The van der Waals surface area contributed by atoms with Crippen LogP contribution >= 0.6 is 0 Å². The van der Waals surface area contributed by atoms with Crippen molar-refractivity contribution in [2.75, 3.05) is 26.7 Å². The summed E-state index contributed by atoms with van der Waals surface area (Å²) in [6.45, 7) is 2.22. The highest BCUT2D eigenvalue weighted by molar-refractivity contribution is 7.89. The molecule has 1 fully saturated rings. The van der Waals surface area contributed by atoms with Crippen LogP contribution in [0.3, 0.4) is 0 Å². The average molecular weight is 297 g/mol. The van der Waals surface area contributed by atoms with Gasteiger partial charge in [0.25, 0.3) is 5.91 Å². The largest absolute Gasteiger partial charge is 0.355 e. The Bertz CT molecular complexity index is 563. The molecule has 1 aromatic carbocycles. The van der Waals surface area contributed by atoms with Crippen molar-refractivity contribution < 1.29 is 13.2 Å². The highest BCUT2D eigenvalue weighted by Crippen LogP contribution is 2.12. The van der Waals surface area contributed by atoms with E-state index < -0.39 is 10.0 Å². The second kappa shape index (κ2) is 6.34. The van der Waals surface area contributed by atoms with Gasteiger partial charge in [0.15, 0.2) is 0 Å². The molecule has 20 heavy (non-hydrogen) atoms. The number of amides is 1. The molecule has 1 saturated heterocycles.